The second-order valence-corrected chi connectivity index (χ2v) is 5.97. The molecule has 0 saturated carbocycles. The lowest BCUT2D eigenvalue weighted by Crippen LogP contribution is -2.31. The van der Waals surface area contributed by atoms with Gasteiger partial charge in [-0.15, -0.1) is 11.6 Å². The lowest BCUT2D eigenvalue weighted by atomic mass is 10.1. The fourth-order valence-corrected chi connectivity index (χ4v) is 3.16. The molecule has 1 fully saturated rings. The summed E-state index contributed by atoms with van der Waals surface area (Å²) in [5.41, 5.74) is 1.01. The zero-order chi connectivity index (χ0) is 13.2. The van der Waals surface area contributed by atoms with Crippen LogP contribution >= 0.6 is 11.6 Å². The molecular formula is C15H18ClN3. The first-order valence-electron chi connectivity index (χ1n) is 6.86. The first-order chi connectivity index (χ1) is 9.25. The molecule has 0 spiro atoms. The van der Waals surface area contributed by atoms with Crippen molar-refractivity contribution in [3.05, 3.63) is 30.6 Å². The number of hydrogen-bond donors (Lipinski definition) is 0. The maximum Gasteiger partial charge on any atom is 0.140 e. The van der Waals surface area contributed by atoms with Crippen molar-refractivity contribution in [2.75, 3.05) is 11.4 Å². The van der Waals surface area contributed by atoms with Crippen molar-refractivity contribution < 1.29 is 0 Å². The Morgan fingerprint density at radius 2 is 2.21 bits per heavy atom. The van der Waals surface area contributed by atoms with E-state index in [0.29, 0.717) is 6.04 Å². The van der Waals surface area contributed by atoms with Crippen LogP contribution in [-0.2, 0) is 0 Å². The highest BCUT2D eigenvalue weighted by Crippen LogP contribution is 2.31. The second-order valence-electron chi connectivity index (χ2n) is 5.22. The molecular weight excluding hydrogens is 258 g/mol. The Balaban J connectivity index is 1.99. The van der Waals surface area contributed by atoms with Gasteiger partial charge < -0.3 is 4.90 Å². The summed E-state index contributed by atoms with van der Waals surface area (Å²) in [7, 11) is 0. The van der Waals surface area contributed by atoms with Gasteiger partial charge >= 0.3 is 0 Å². The van der Waals surface area contributed by atoms with Gasteiger partial charge in [0.05, 0.1) is 5.52 Å². The smallest absolute Gasteiger partial charge is 0.140 e. The maximum atomic E-state index is 6.17. The molecule has 1 aliphatic rings. The van der Waals surface area contributed by atoms with E-state index in [-0.39, 0.29) is 5.38 Å². The molecule has 1 aromatic heterocycles. The third kappa shape index (κ3) is 2.52. The van der Waals surface area contributed by atoms with E-state index in [4.69, 9.17) is 11.6 Å². The van der Waals surface area contributed by atoms with Gasteiger partial charge in [-0.05, 0) is 38.3 Å². The van der Waals surface area contributed by atoms with Crippen LogP contribution in [0.3, 0.4) is 0 Å². The lowest BCUT2D eigenvalue weighted by Gasteiger charge is -2.27. The lowest BCUT2D eigenvalue weighted by molar-refractivity contribution is 0.602. The molecule has 2 atom stereocenters. The standard InChI is InChI=1S/C15H18ClN3/c1-11(16)9-12-5-4-8-19(12)15-13-6-2-3-7-14(13)17-10-18-15/h2-3,6-7,10-12H,4-5,8-9H2,1H3. The van der Waals surface area contributed by atoms with Crippen molar-refractivity contribution in [2.45, 2.75) is 37.6 Å². The summed E-state index contributed by atoms with van der Waals surface area (Å²) in [5.74, 6) is 1.06. The summed E-state index contributed by atoms with van der Waals surface area (Å²) >= 11 is 6.17. The Kier molecular flexibility index (Phi) is 3.56. The second kappa shape index (κ2) is 5.33. The van der Waals surface area contributed by atoms with Crippen molar-refractivity contribution >= 4 is 28.3 Å². The molecule has 19 heavy (non-hydrogen) atoms. The summed E-state index contributed by atoms with van der Waals surface area (Å²) in [6.45, 7) is 3.13. The minimum absolute atomic E-state index is 0.207. The maximum absolute atomic E-state index is 6.17. The van der Waals surface area contributed by atoms with Crippen molar-refractivity contribution in [1.29, 1.82) is 0 Å². The molecule has 0 bridgehead atoms. The first-order valence-corrected chi connectivity index (χ1v) is 7.30. The molecule has 4 heteroatoms. The quantitative estimate of drug-likeness (QED) is 0.801. The van der Waals surface area contributed by atoms with E-state index in [1.807, 2.05) is 18.2 Å². The topological polar surface area (TPSA) is 29.0 Å². The number of aromatic nitrogens is 2. The Morgan fingerprint density at radius 3 is 3.05 bits per heavy atom. The third-order valence-corrected chi connectivity index (χ3v) is 3.95. The largest absolute Gasteiger partial charge is 0.353 e. The molecule has 3 nitrogen and oxygen atoms in total. The monoisotopic (exact) mass is 275 g/mol. The highest BCUT2D eigenvalue weighted by atomic mass is 35.5. The summed E-state index contributed by atoms with van der Waals surface area (Å²) in [6.07, 6.45) is 5.10. The molecule has 1 saturated heterocycles. The predicted molar refractivity (Wildman–Crippen MR) is 79.8 cm³/mol. The minimum Gasteiger partial charge on any atom is -0.353 e. The number of hydrogen-bond acceptors (Lipinski definition) is 3. The van der Waals surface area contributed by atoms with E-state index >= 15 is 0 Å². The summed E-state index contributed by atoms with van der Waals surface area (Å²) < 4.78 is 0. The number of rotatable bonds is 3. The minimum atomic E-state index is 0.207. The molecule has 100 valence electrons. The van der Waals surface area contributed by atoms with Gasteiger partial charge in [-0.1, -0.05) is 12.1 Å². The Hall–Kier alpha value is -1.35. The molecule has 3 rings (SSSR count). The van der Waals surface area contributed by atoms with Crippen LogP contribution in [0.4, 0.5) is 5.82 Å². The third-order valence-electron chi connectivity index (χ3n) is 3.77. The van der Waals surface area contributed by atoms with Crippen molar-refractivity contribution in [1.82, 2.24) is 9.97 Å². The van der Waals surface area contributed by atoms with Crippen LogP contribution < -0.4 is 4.90 Å². The van der Waals surface area contributed by atoms with Crippen LogP contribution in [-0.4, -0.2) is 27.9 Å². The zero-order valence-corrected chi connectivity index (χ0v) is 11.8. The average Bonchev–Trinajstić information content (AvgIpc) is 2.85. The first kappa shape index (κ1) is 12.7. The number of benzene rings is 1. The average molecular weight is 276 g/mol. The molecule has 0 N–H and O–H groups in total. The van der Waals surface area contributed by atoms with Gasteiger partial charge in [0.1, 0.15) is 12.1 Å². The Morgan fingerprint density at radius 1 is 1.37 bits per heavy atom. The van der Waals surface area contributed by atoms with E-state index in [1.54, 1.807) is 6.33 Å². The number of anilines is 1. The highest BCUT2D eigenvalue weighted by Gasteiger charge is 2.27. The van der Waals surface area contributed by atoms with Gasteiger partial charge in [0.15, 0.2) is 0 Å². The fourth-order valence-electron chi connectivity index (χ4n) is 2.95. The van der Waals surface area contributed by atoms with Gasteiger partial charge in [0, 0.05) is 23.3 Å². The predicted octanol–water partition coefficient (Wildman–Crippen LogP) is 3.62. The summed E-state index contributed by atoms with van der Waals surface area (Å²) in [6, 6.07) is 8.71. The van der Waals surface area contributed by atoms with Gasteiger partial charge in [-0.3, -0.25) is 0 Å². The molecule has 2 unspecified atom stereocenters. The molecule has 1 aromatic carbocycles. The SMILES string of the molecule is CC(Cl)CC1CCCN1c1ncnc2ccccc12. The molecule has 0 amide bonds. The molecule has 2 heterocycles. The number of para-hydroxylation sites is 1. The summed E-state index contributed by atoms with van der Waals surface area (Å²) in [5, 5.41) is 1.35. The molecule has 0 radical (unpaired) electrons. The van der Waals surface area contributed by atoms with Gasteiger partial charge in [-0.25, -0.2) is 9.97 Å². The van der Waals surface area contributed by atoms with Crippen LogP contribution in [0.2, 0.25) is 0 Å². The van der Waals surface area contributed by atoms with E-state index in [9.17, 15) is 0 Å². The molecule has 0 aliphatic carbocycles. The van der Waals surface area contributed by atoms with Gasteiger partial charge in [0.25, 0.3) is 0 Å². The van der Waals surface area contributed by atoms with Crippen LogP contribution in [0.5, 0.6) is 0 Å². The number of nitrogens with zero attached hydrogens (tertiary/aromatic N) is 3. The fraction of sp³-hybridized carbons (Fsp3) is 0.467. The van der Waals surface area contributed by atoms with E-state index in [0.717, 1.165) is 29.7 Å². The summed E-state index contributed by atoms with van der Waals surface area (Å²) in [4.78, 5) is 11.3. The number of fused-ring (bicyclic) bond motifs is 1. The van der Waals surface area contributed by atoms with Crippen LogP contribution in [0.15, 0.2) is 30.6 Å². The van der Waals surface area contributed by atoms with Crippen LogP contribution in [0.25, 0.3) is 10.9 Å². The van der Waals surface area contributed by atoms with Crippen molar-refractivity contribution in [2.24, 2.45) is 0 Å². The molecule has 2 aromatic rings. The zero-order valence-electron chi connectivity index (χ0n) is 11.1. The normalized spacial score (nSPS) is 20.9. The Labute approximate surface area is 118 Å². The van der Waals surface area contributed by atoms with Gasteiger partial charge in [-0.2, -0.15) is 0 Å². The van der Waals surface area contributed by atoms with Crippen molar-refractivity contribution in [3.8, 4) is 0 Å². The number of alkyl halides is 1. The molecule has 1 aliphatic heterocycles. The van der Waals surface area contributed by atoms with E-state index < -0.39 is 0 Å². The highest BCUT2D eigenvalue weighted by molar-refractivity contribution is 6.20. The van der Waals surface area contributed by atoms with Crippen molar-refractivity contribution in [3.63, 3.8) is 0 Å². The Bertz CT molecular complexity index is 565. The van der Waals surface area contributed by atoms with E-state index in [2.05, 4.69) is 27.9 Å². The van der Waals surface area contributed by atoms with Crippen LogP contribution in [0.1, 0.15) is 26.2 Å². The number of halogens is 1. The van der Waals surface area contributed by atoms with Gasteiger partial charge in [0.2, 0.25) is 0 Å². The van der Waals surface area contributed by atoms with E-state index in [1.165, 1.54) is 12.8 Å². The van der Waals surface area contributed by atoms with Crippen LogP contribution in [0, 0.1) is 0 Å².